The Morgan fingerprint density at radius 1 is 0.903 bits per heavy atom. The van der Waals surface area contributed by atoms with Crippen LogP contribution >= 0.6 is 0 Å². The Labute approximate surface area is 181 Å². The number of methoxy groups -OCH3 is 1. The van der Waals surface area contributed by atoms with Gasteiger partial charge in [0.15, 0.2) is 23.0 Å². The fourth-order valence-electron chi connectivity index (χ4n) is 3.41. The second kappa shape index (κ2) is 9.43. The molecule has 0 radical (unpaired) electrons. The molecule has 0 saturated carbocycles. The summed E-state index contributed by atoms with van der Waals surface area (Å²) in [5, 5.41) is 0. The van der Waals surface area contributed by atoms with Gasteiger partial charge in [0.05, 0.1) is 7.11 Å². The molecule has 0 bridgehead atoms. The van der Waals surface area contributed by atoms with Gasteiger partial charge in [-0.05, 0) is 41.5 Å². The molecular formula is C25H25NO5. The normalized spacial score (nSPS) is 12.2. The van der Waals surface area contributed by atoms with Crippen LogP contribution in [0.3, 0.4) is 0 Å². The molecule has 0 atom stereocenters. The highest BCUT2D eigenvalue weighted by Gasteiger charge is 2.17. The minimum atomic E-state index is -0.109. The van der Waals surface area contributed by atoms with Crippen LogP contribution in [-0.2, 0) is 13.2 Å². The highest BCUT2D eigenvalue weighted by Crippen LogP contribution is 2.32. The van der Waals surface area contributed by atoms with Gasteiger partial charge >= 0.3 is 0 Å². The van der Waals surface area contributed by atoms with Crippen molar-refractivity contribution in [2.75, 3.05) is 27.4 Å². The molecule has 31 heavy (non-hydrogen) atoms. The van der Waals surface area contributed by atoms with Gasteiger partial charge in [-0.15, -0.1) is 0 Å². The second-order valence-corrected chi connectivity index (χ2v) is 7.28. The fourth-order valence-corrected chi connectivity index (χ4v) is 3.41. The summed E-state index contributed by atoms with van der Waals surface area (Å²) in [5.41, 5.74) is 2.56. The minimum Gasteiger partial charge on any atom is -0.493 e. The van der Waals surface area contributed by atoms with Gasteiger partial charge in [-0.2, -0.15) is 0 Å². The Bertz CT molecular complexity index is 1050. The summed E-state index contributed by atoms with van der Waals surface area (Å²) in [6.07, 6.45) is 0. The third kappa shape index (κ3) is 4.91. The van der Waals surface area contributed by atoms with E-state index in [0.29, 0.717) is 49.2 Å². The van der Waals surface area contributed by atoms with Crippen LogP contribution < -0.4 is 18.9 Å². The summed E-state index contributed by atoms with van der Waals surface area (Å²) < 4.78 is 22.5. The SMILES string of the molecule is COc1cc(C(=O)N(C)Cc2ccc3c(c2)OCCO3)ccc1OCc1ccccc1. The number of hydrogen-bond donors (Lipinski definition) is 0. The van der Waals surface area contributed by atoms with Crippen molar-refractivity contribution < 1.29 is 23.7 Å². The number of carbonyl (C=O) groups excluding carboxylic acids is 1. The number of fused-ring (bicyclic) bond motifs is 1. The van der Waals surface area contributed by atoms with Crippen LogP contribution in [0.1, 0.15) is 21.5 Å². The third-order valence-electron chi connectivity index (χ3n) is 5.02. The average molecular weight is 419 g/mol. The summed E-state index contributed by atoms with van der Waals surface area (Å²) in [6, 6.07) is 20.9. The highest BCUT2D eigenvalue weighted by molar-refractivity contribution is 5.94. The molecule has 0 spiro atoms. The third-order valence-corrected chi connectivity index (χ3v) is 5.02. The molecule has 0 aromatic heterocycles. The largest absolute Gasteiger partial charge is 0.493 e. The van der Waals surface area contributed by atoms with E-state index in [-0.39, 0.29) is 5.91 Å². The summed E-state index contributed by atoms with van der Waals surface area (Å²) in [4.78, 5) is 14.6. The van der Waals surface area contributed by atoms with E-state index < -0.39 is 0 Å². The standard InChI is InChI=1S/C25H25NO5/c1-26(16-19-8-10-22-24(14-19)30-13-12-29-22)25(27)20-9-11-21(23(15-20)28-2)31-17-18-6-4-3-5-7-18/h3-11,14-15H,12-13,16-17H2,1-2H3. The lowest BCUT2D eigenvalue weighted by atomic mass is 10.1. The van der Waals surface area contributed by atoms with Gasteiger partial charge in [-0.3, -0.25) is 4.79 Å². The van der Waals surface area contributed by atoms with Crippen LogP contribution in [-0.4, -0.2) is 38.2 Å². The molecule has 6 heteroatoms. The average Bonchev–Trinajstić information content (AvgIpc) is 2.82. The van der Waals surface area contributed by atoms with Crippen LogP contribution in [0.5, 0.6) is 23.0 Å². The molecule has 0 aliphatic carbocycles. The van der Waals surface area contributed by atoms with Gasteiger partial charge in [0.1, 0.15) is 19.8 Å². The maximum Gasteiger partial charge on any atom is 0.254 e. The maximum absolute atomic E-state index is 13.0. The first-order chi connectivity index (χ1) is 15.1. The zero-order valence-corrected chi connectivity index (χ0v) is 17.7. The zero-order chi connectivity index (χ0) is 21.6. The van der Waals surface area contributed by atoms with Crippen molar-refractivity contribution in [2.45, 2.75) is 13.2 Å². The first kappa shape index (κ1) is 20.6. The van der Waals surface area contributed by atoms with Crippen LogP contribution in [0.4, 0.5) is 0 Å². The number of amides is 1. The van der Waals surface area contributed by atoms with E-state index in [9.17, 15) is 4.79 Å². The van der Waals surface area contributed by atoms with E-state index in [1.165, 1.54) is 0 Å². The van der Waals surface area contributed by atoms with Crippen LogP contribution in [0.2, 0.25) is 0 Å². The van der Waals surface area contributed by atoms with Crippen molar-refractivity contribution >= 4 is 5.91 Å². The summed E-state index contributed by atoms with van der Waals surface area (Å²) in [7, 11) is 3.34. The fraction of sp³-hybridized carbons (Fsp3) is 0.240. The van der Waals surface area contributed by atoms with Crippen molar-refractivity contribution in [3.63, 3.8) is 0 Å². The Hall–Kier alpha value is -3.67. The summed E-state index contributed by atoms with van der Waals surface area (Å²) >= 11 is 0. The minimum absolute atomic E-state index is 0.109. The Balaban J connectivity index is 1.43. The van der Waals surface area contributed by atoms with E-state index in [1.807, 2.05) is 48.5 Å². The number of ether oxygens (including phenoxy) is 4. The Morgan fingerprint density at radius 3 is 2.45 bits per heavy atom. The van der Waals surface area contributed by atoms with Crippen molar-refractivity contribution in [3.05, 3.63) is 83.4 Å². The maximum atomic E-state index is 13.0. The van der Waals surface area contributed by atoms with Gasteiger partial charge in [-0.1, -0.05) is 36.4 Å². The quantitative estimate of drug-likeness (QED) is 0.571. The molecular weight excluding hydrogens is 394 g/mol. The topological polar surface area (TPSA) is 57.2 Å². The van der Waals surface area contributed by atoms with Crippen molar-refractivity contribution in [1.82, 2.24) is 4.90 Å². The van der Waals surface area contributed by atoms with Gasteiger partial charge in [0.2, 0.25) is 0 Å². The number of hydrogen-bond acceptors (Lipinski definition) is 5. The predicted octanol–water partition coefficient (Wildman–Crippen LogP) is 4.32. The second-order valence-electron chi connectivity index (χ2n) is 7.28. The molecule has 3 aromatic rings. The molecule has 0 N–H and O–H groups in total. The number of carbonyl (C=O) groups is 1. The number of rotatable bonds is 7. The van der Waals surface area contributed by atoms with Gasteiger partial charge in [-0.25, -0.2) is 0 Å². The molecule has 0 saturated heterocycles. The zero-order valence-electron chi connectivity index (χ0n) is 17.7. The molecule has 4 rings (SSSR count). The molecule has 1 aliphatic rings. The van der Waals surface area contributed by atoms with Gasteiger partial charge in [0, 0.05) is 19.2 Å². The molecule has 1 heterocycles. The van der Waals surface area contributed by atoms with Crippen LogP contribution in [0, 0.1) is 0 Å². The lowest BCUT2D eigenvalue weighted by Gasteiger charge is -2.21. The number of nitrogens with zero attached hydrogens (tertiary/aromatic N) is 1. The molecule has 3 aromatic carbocycles. The van der Waals surface area contributed by atoms with E-state index in [4.69, 9.17) is 18.9 Å². The molecule has 0 unspecified atom stereocenters. The predicted molar refractivity (Wildman–Crippen MR) is 117 cm³/mol. The van der Waals surface area contributed by atoms with Gasteiger partial charge in [0.25, 0.3) is 5.91 Å². The Morgan fingerprint density at radius 2 is 1.68 bits per heavy atom. The molecule has 1 aliphatic heterocycles. The molecule has 0 fully saturated rings. The lowest BCUT2D eigenvalue weighted by Crippen LogP contribution is -2.26. The van der Waals surface area contributed by atoms with Crippen molar-refractivity contribution in [3.8, 4) is 23.0 Å². The summed E-state index contributed by atoms with van der Waals surface area (Å²) in [5.74, 6) is 2.46. The first-order valence-corrected chi connectivity index (χ1v) is 10.1. The van der Waals surface area contributed by atoms with E-state index >= 15 is 0 Å². The van der Waals surface area contributed by atoms with Gasteiger partial charge < -0.3 is 23.8 Å². The van der Waals surface area contributed by atoms with E-state index in [1.54, 1.807) is 37.3 Å². The molecule has 6 nitrogen and oxygen atoms in total. The lowest BCUT2D eigenvalue weighted by molar-refractivity contribution is 0.0784. The molecule has 160 valence electrons. The Kier molecular flexibility index (Phi) is 6.26. The van der Waals surface area contributed by atoms with E-state index in [0.717, 1.165) is 16.9 Å². The number of benzene rings is 3. The van der Waals surface area contributed by atoms with Crippen LogP contribution in [0.25, 0.3) is 0 Å². The highest BCUT2D eigenvalue weighted by atomic mass is 16.6. The van der Waals surface area contributed by atoms with E-state index in [2.05, 4.69) is 0 Å². The smallest absolute Gasteiger partial charge is 0.254 e. The monoisotopic (exact) mass is 419 g/mol. The van der Waals surface area contributed by atoms with Crippen molar-refractivity contribution in [2.24, 2.45) is 0 Å². The van der Waals surface area contributed by atoms with Crippen molar-refractivity contribution in [1.29, 1.82) is 0 Å². The summed E-state index contributed by atoms with van der Waals surface area (Å²) in [6.45, 7) is 1.96. The van der Waals surface area contributed by atoms with Crippen LogP contribution in [0.15, 0.2) is 66.7 Å². The molecule has 1 amide bonds. The first-order valence-electron chi connectivity index (χ1n) is 10.1.